The first-order chi connectivity index (χ1) is 15.1. The van der Waals surface area contributed by atoms with E-state index in [1.807, 2.05) is 6.08 Å². The molecule has 4 unspecified atom stereocenters. The van der Waals surface area contributed by atoms with E-state index in [1.165, 1.54) is 33.4 Å². The molecule has 0 fully saturated rings. The molecule has 0 heterocycles. The van der Waals surface area contributed by atoms with Crippen molar-refractivity contribution in [3.05, 3.63) is 94.2 Å². The van der Waals surface area contributed by atoms with E-state index in [2.05, 4.69) is 61.6 Å². The molecule has 0 aromatic carbocycles. The molecule has 0 radical (unpaired) electrons. The summed E-state index contributed by atoms with van der Waals surface area (Å²) >= 11 is 0. The second-order valence-electron chi connectivity index (χ2n) is 9.58. The fraction of sp³-hybridized carbons (Fsp3) is 0.414. The molecule has 2 heteroatoms. The number of carbonyl (C=O) groups is 1. The highest BCUT2D eigenvalue weighted by Gasteiger charge is 2.36. The fourth-order valence-corrected chi connectivity index (χ4v) is 5.85. The van der Waals surface area contributed by atoms with Gasteiger partial charge in [0.1, 0.15) is 5.78 Å². The van der Waals surface area contributed by atoms with Crippen LogP contribution in [0.15, 0.2) is 94.2 Å². The summed E-state index contributed by atoms with van der Waals surface area (Å²) in [4.78, 5) is 13.4. The average molecular weight is 413 g/mol. The first kappa shape index (κ1) is 20.5. The number of ketones is 1. The predicted molar refractivity (Wildman–Crippen MR) is 126 cm³/mol. The normalized spacial score (nSPS) is 31.5. The van der Waals surface area contributed by atoms with Gasteiger partial charge in [0, 0.05) is 18.3 Å². The van der Waals surface area contributed by atoms with E-state index in [1.54, 1.807) is 0 Å². The Labute approximate surface area is 185 Å². The van der Waals surface area contributed by atoms with Crippen LogP contribution in [0.4, 0.5) is 0 Å². The van der Waals surface area contributed by atoms with E-state index in [0.29, 0.717) is 24.0 Å². The third-order valence-electron chi connectivity index (χ3n) is 7.72. The molecule has 0 amide bonds. The van der Waals surface area contributed by atoms with Crippen molar-refractivity contribution in [2.45, 2.75) is 58.0 Å². The molecule has 0 aliphatic heterocycles. The molecule has 4 atom stereocenters. The molecule has 5 rings (SSSR count). The van der Waals surface area contributed by atoms with Gasteiger partial charge in [-0.2, -0.15) is 0 Å². The maximum Gasteiger partial charge on any atom is 0.140 e. The van der Waals surface area contributed by atoms with Gasteiger partial charge in [0.05, 0.1) is 6.10 Å². The number of carbonyl (C=O) groups excluding carboxylic acids is 1. The minimum atomic E-state index is -0.293. The van der Waals surface area contributed by atoms with Crippen molar-refractivity contribution in [3.8, 4) is 0 Å². The maximum atomic E-state index is 13.4. The monoisotopic (exact) mass is 412 g/mol. The molecule has 5 aliphatic rings. The van der Waals surface area contributed by atoms with Crippen molar-refractivity contribution in [3.63, 3.8) is 0 Å². The van der Waals surface area contributed by atoms with E-state index in [-0.39, 0.29) is 12.0 Å². The lowest BCUT2D eigenvalue weighted by Crippen LogP contribution is -2.20. The minimum absolute atomic E-state index is 0.0140. The molecule has 0 spiro atoms. The molecule has 0 aromatic rings. The Morgan fingerprint density at radius 3 is 2.55 bits per heavy atom. The Morgan fingerprint density at radius 1 is 1.00 bits per heavy atom. The molecule has 1 N–H and O–H groups in total. The van der Waals surface area contributed by atoms with Crippen LogP contribution in [0.1, 0.15) is 51.9 Å². The summed E-state index contributed by atoms with van der Waals surface area (Å²) in [7, 11) is 0. The first-order valence-electron chi connectivity index (χ1n) is 11.8. The Balaban J connectivity index is 1.24. The van der Waals surface area contributed by atoms with E-state index in [4.69, 9.17) is 0 Å². The molecule has 0 saturated heterocycles. The Bertz CT molecular complexity index is 1020. The summed E-state index contributed by atoms with van der Waals surface area (Å²) in [5, 5.41) is 9.84. The molecular formula is C29H32O2. The number of aliphatic hydroxyl groups is 1. The zero-order chi connectivity index (χ0) is 21.4. The van der Waals surface area contributed by atoms with Gasteiger partial charge in [-0.15, -0.1) is 0 Å². The van der Waals surface area contributed by atoms with Crippen molar-refractivity contribution < 1.29 is 9.90 Å². The molecule has 31 heavy (non-hydrogen) atoms. The third kappa shape index (κ3) is 4.06. The second-order valence-corrected chi connectivity index (χ2v) is 9.58. The number of hydrogen-bond donors (Lipinski definition) is 1. The molecule has 2 nitrogen and oxygen atoms in total. The summed E-state index contributed by atoms with van der Waals surface area (Å²) in [5.41, 5.74) is 8.17. The fourth-order valence-electron chi connectivity index (χ4n) is 5.85. The van der Waals surface area contributed by atoms with Crippen LogP contribution in [0.5, 0.6) is 0 Å². The Kier molecular flexibility index (Phi) is 5.67. The maximum absolute atomic E-state index is 13.4. The number of allylic oxidation sites excluding steroid dienone is 15. The highest BCUT2D eigenvalue weighted by molar-refractivity contribution is 5.85. The highest BCUT2D eigenvalue weighted by atomic mass is 16.3. The molecule has 5 aliphatic carbocycles. The van der Waals surface area contributed by atoms with Crippen LogP contribution in [-0.4, -0.2) is 17.0 Å². The predicted octanol–water partition coefficient (Wildman–Crippen LogP) is 6.25. The zero-order valence-corrected chi connectivity index (χ0v) is 18.4. The molecule has 0 saturated carbocycles. The van der Waals surface area contributed by atoms with Crippen molar-refractivity contribution in [2.24, 2.45) is 17.8 Å². The van der Waals surface area contributed by atoms with Crippen LogP contribution in [0.3, 0.4) is 0 Å². The van der Waals surface area contributed by atoms with Gasteiger partial charge in [-0.25, -0.2) is 0 Å². The van der Waals surface area contributed by atoms with Crippen LogP contribution < -0.4 is 0 Å². The largest absolute Gasteiger partial charge is 0.389 e. The quantitative estimate of drug-likeness (QED) is 0.536. The Hall–Kier alpha value is -2.45. The van der Waals surface area contributed by atoms with Crippen molar-refractivity contribution in [1.82, 2.24) is 0 Å². The summed E-state index contributed by atoms with van der Waals surface area (Å²) in [6.45, 7) is 2.24. The smallest absolute Gasteiger partial charge is 0.140 e. The van der Waals surface area contributed by atoms with E-state index in [9.17, 15) is 9.90 Å². The van der Waals surface area contributed by atoms with Gasteiger partial charge in [-0.3, -0.25) is 4.79 Å². The summed E-state index contributed by atoms with van der Waals surface area (Å²) in [5.74, 6) is 1.08. The van der Waals surface area contributed by atoms with Gasteiger partial charge in [0.2, 0.25) is 0 Å². The number of aliphatic hydroxyl groups excluding tert-OH is 1. The second kappa shape index (κ2) is 8.59. The van der Waals surface area contributed by atoms with Gasteiger partial charge in [-0.05, 0) is 66.7 Å². The summed E-state index contributed by atoms with van der Waals surface area (Å²) < 4.78 is 0. The molecule has 0 aromatic heterocycles. The van der Waals surface area contributed by atoms with Gasteiger partial charge >= 0.3 is 0 Å². The minimum Gasteiger partial charge on any atom is -0.389 e. The van der Waals surface area contributed by atoms with E-state index >= 15 is 0 Å². The van der Waals surface area contributed by atoms with Crippen LogP contribution >= 0.6 is 0 Å². The van der Waals surface area contributed by atoms with E-state index in [0.717, 1.165) is 38.5 Å². The highest BCUT2D eigenvalue weighted by Crippen LogP contribution is 2.44. The summed E-state index contributed by atoms with van der Waals surface area (Å²) in [6.07, 6.45) is 27.8. The zero-order valence-electron chi connectivity index (χ0n) is 18.4. The van der Waals surface area contributed by atoms with Gasteiger partial charge in [0.15, 0.2) is 0 Å². The molecular weight excluding hydrogens is 380 g/mol. The standard InChI is InChI=1S/C29H32O2/c1-19-20(11-14-26(19)23-10-13-25(30)16-23)12-15-29(31)28-18-24(21-6-2-3-7-21)17-27(28)22-8-4-5-9-22/h2-6,8,11,14,16,18-19,25,27-28,30H,7,9-10,12-13,15,17H2,1H3. The van der Waals surface area contributed by atoms with Crippen LogP contribution in [-0.2, 0) is 4.79 Å². The van der Waals surface area contributed by atoms with Crippen LogP contribution in [0.2, 0.25) is 0 Å². The molecule has 160 valence electrons. The van der Waals surface area contributed by atoms with Gasteiger partial charge < -0.3 is 5.11 Å². The van der Waals surface area contributed by atoms with Crippen LogP contribution in [0, 0.1) is 17.8 Å². The molecule has 0 bridgehead atoms. The average Bonchev–Trinajstić information content (AvgIpc) is 3.57. The lowest BCUT2D eigenvalue weighted by molar-refractivity contribution is -0.122. The Morgan fingerprint density at radius 2 is 1.84 bits per heavy atom. The third-order valence-corrected chi connectivity index (χ3v) is 7.72. The number of rotatable bonds is 7. The lowest BCUT2D eigenvalue weighted by Gasteiger charge is -2.21. The SMILES string of the molecule is CC1C(CCC(=O)C2C=C(C3=CC=CC3)CC2C2=CC=CC2)=CC=C1C1=CC(O)CC1. The summed E-state index contributed by atoms with van der Waals surface area (Å²) in [6, 6.07) is 0. The van der Waals surface area contributed by atoms with E-state index < -0.39 is 0 Å². The van der Waals surface area contributed by atoms with Gasteiger partial charge in [-0.1, -0.05) is 78.8 Å². The van der Waals surface area contributed by atoms with Crippen molar-refractivity contribution in [1.29, 1.82) is 0 Å². The van der Waals surface area contributed by atoms with Crippen molar-refractivity contribution in [2.75, 3.05) is 0 Å². The number of Topliss-reactive ketones (excluding diaryl/α,β-unsaturated/α-hetero) is 1. The lowest BCUT2D eigenvalue weighted by atomic mass is 9.82. The topological polar surface area (TPSA) is 37.3 Å². The number of hydrogen-bond acceptors (Lipinski definition) is 2. The van der Waals surface area contributed by atoms with Gasteiger partial charge in [0.25, 0.3) is 0 Å². The van der Waals surface area contributed by atoms with Crippen molar-refractivity contribution >= 4 is 5.78 Å². The first-order valence-corrected chi connectivity index (χ1v) is 11.8. The van der Waals surface area contributed by atoms with Crippen LogP contribution in [0.25, 0.3) is 0 Å².